The zero-order valence-corrected chi connectivity index (χ0v) is 11.0. The third-order valence-corrected chi connectivity index (χ3v) is 5.51. The molecule has 0 bridgehead atoms. The van der Waals surface area contributed by atoms with Crippen LogP contribution in [0.15, 0.2) is 0 Å². The summed E-state index contributed by atoms with van der Waals surface area (Å²) in [6.45, 7) is 0. The van der Waals surface area contributed by atoms with Gasteiger partial charge in [-0.2, -0.15) is 0 Å². The number of urea groups is 1. The fourth-order valence-corrected chi connectivity index (χ4v) is 4.37. The number of nitrogens with one attached hydrogen (secondary N) is 1. The van der Waals surface area contributed by atoms with Gasteiger partial charge in [0.05, 0.1) is 11.5 Å². The Labute approximate surface area is 102 Å². The maximum absolute atomic E-state index is 11.9. The molecule has 0 aromatic heterocycles. The molecule has 6 heteroatoms. The number of hydrogen-bond acceptors (Lipinski definition) is 3. The number of amides is 2. The van der Waals surface area contributed by atoms with Crippen LogP contribution in [0.25, 0.3) is 0 Å². The van der Waals surface area contributed by atoms with Gasteiger partial charge < -0.3 is 10.2 Å². The molecule has 17 heavy (non-hydrogen) atoms. The highest BCUT2D eigenvalue weighted by molar-refractivity contribution is 7.91. The zero-order chi connectivity index (χ0) is 12.5. The van der Waals surface area contributed by atoms with Gasteiger partial charge >= 0.3 is 6.03 Å². The van der Waals surface area contributed by atoms with Gasteiger partial charge in [-0.25, -0.2) is 13.2 Å². The highest BCUT2D eigenvalue weighted by Crippen LogP contribution is 2.19. The van der Waals surface area contributed by atoms with Crippen LogP contribution in [0.5, 0.6) is 0 Å². The van der Waals surface area contributed by atoms with Gasteiger partial charge in [-0.15, -0.1) is 0 Å². The third kappa shape index (κ3) is 3.12. The lowest BCUT2D eigenvalue weighted by Gasteiger charge is -2.25. The van der Waals surface area contributed by atoms with Crippen molar-refractivity contribution in [3.05, 3.63) is 0 Å². The minimum absolute atomic E-state index is 0.113. The van der Waals surface area contributed by atoms with E-state index in [4.69, 9.17) is 0 Å². The molecule has 1 N–H and O–H groups in total. The van der Waals surface area contributed by atoms with E-state index in [1.54, 1.807) is 11.9 Å². The van der Waals surface area contributed by atoms with E-state index in [0.717, 1.165) is 12.8 Å². The number of sulfone groups is 1. The molecule has 0 radical (unpaired) electrons. The van der Waals surface area contributed by atoms with E-state index in [0.29, 0.717) is 6.42 Å². The molecule has 2 amide bonds. The monoisotopic (exact) mass is 260 g/mol. The summed E-state index contributed by atoms with van der Waals surface area (Å²) in [6.07, 6.45) is 5.00. The number of rotatable bonds is 2. The molecule has 0 aromatic rings. The fraction of sp³-hybridized carbons (Fsp3) is 0.909. The van der Waals surface area contributed by atoms with Gasteiger partial charge in [0.15, 0.2) is 9.84 Å². The van der Waals surface area contributed by atoms with Gasteiger partial charge in [0.25, 0.3) is 0 Å². The SMILES string of the molecule is CN(C(=O)NC1CCCC1)C1CCS(=O)(=O)C1. The van der Waals surface area contributed by atoms with Gasteiger partial charge in [0.1, 0.15) is 0 Å². The Bertz CT molecular complexity index is 388. The molecule has 1 saturated carbocycles. The zero-order valence-electron chi connectivity index (χ0n) is 10.2. The smallest absolute Gasteiger partial charge is 0.317 e. The van der Waals surface area contributed by atoms with Crippen molar-refractivity contribution in [3.8, 4) is 0 Å². The van der Waals surface area contributed by atoms with E-state index in [9.17, 15) is 13.2 Å². The van der Waals surface area contributed by atoms with Crippen LogP contribution < -0.4 is 5.32 Å². The first-order chi connectivity index (χ1) is 7.98. The van der Waals surface area contributed by atoms with E-state index in [-0.39, 0.29) is 29.6 Å². The van der Waals surface area contributed by atoms with Crippen molar-refractivity contribution in [1.82, 2.24) is 10.2 Å². The normalized spacial score (nSPS) is 28.2. The molecule has 1 unspecified atom stereocenters. The summed E-state index contributed by atoms with van der Waals surface area (Å²) in [5.41, 5.74) is 0. The molecule has 0 spiro atoms. The maximum Gasteiger partial charge on any atom is 0.317 e. The fourth-order valence-electron chi connectivity index (χ4n) is 2.59. The molecule has 1 aliphatic heterocycles. The molecule has 2 aliphatic rings. The Morgan fingerprint density at radius 1 is 1.24 bits per heavy atom. The standard InChI is InChI=1S/C11H20N2O3S/c1-13(10-6-7-17(15,16)8-10)11(14)12-9-4-2-3-5-9/h9-10H,2-8H2,1H3,(H,12,14). The van der Waals surface area contributed by atoms with Gasteiger partial charge in [-0.3, -0.25) is 0 Å². The molecule has 0 aromatic carbocycles. The van der Waals surface area contributed by atoms with E-state index < -0.39 is 9.84 Å². The molecule has 2 fully saturated rings. The van der Waals surface area contributed by atoms with Crippen LogP contribution in [-0.2, 0) is 9.84 Å². The first-order valence-corrected chi connectivity index (χ1v) is 8.04. The molecule has 98 valence electrons. The summed E-state index contributed by atoms with van der Waals surface area (Å²) in [6, 6.07) is 0.00311. The first kappa shape index (κ1) is 12.7. The Morgan fingerprint density at radius 2 is 1.88 bits per heavy atom. The summed E-state index contributed by atoms with van der Waals surface area (Å²) in [5, 5.41) is 2.98. The van der Waals surface area contributed by atoms with E-state index in [1.807, 2.05) is 0 Å². The highest BCUT2D eigenvalue weighted by Gasteiger charge is 2.33. The van der Waals surface area contributed by atoms with Crippen LogP contribution in [0.4, 0.5) is 4.79 Å². The molecule has 1 saturated heterocycles. The summed E-state index contributed by atoms with van der Waals surface area (Å²) >= 11 is 0. The first-order valence-electron chi connectivity index (χ1n) is 6.22. The highest BCUT2D eigenvalue weighted by atomic mass is 32.2. The third-order valence-electron chi connectivity index (χ3n) is 3.76. The number of hydrogen-bond donors (Lipinski definition) is 1. The molecule has 1 aliphatic carbocycles. The van der Waals surface area contributed by atoms with E-state index >= 15 is 0 Å². The summed E-state index contributed by atoms with van der Waals surface area (Å²) in [5.74, 6) is 0.320. The van der Waals surface area contributed by atoms with Crippen molar-refractivity contribution in [2.75, 3.05) is 18.6 Å². The van der Waals surface area contributed by atoms with E-state index in [1.165, 1.54) is 12.8 Å². The lowest BCUT2D eigenvalue weighted by atomic mass is 10.2. The van der Waals surface area contributed by atoms with Crippen LogP contribution in [0.3, 0.4) is 0 Å². The average Bonchev–Trinajstić information content (AvgIpc) is 2.86. The summed E-state index contributed by atoms with van der Waals surface area (Å²) < 4.78 is 22.7. The minimum Gasteiger partial charge on any atom is -0.335 e. The minimum atomic E-state index is -2.92. The van der Waals surface area contributed by atoms with Crippen molar-refractivity contribution >= 4 is 15.9 Å². The number of nitrogens with zero attached hydrogens (tertiary/aromatic N) is 1. The summed E-state index contributed by atoms with van der Waals surface area (Å²) in [4.78, 5) is 13.5. The molecule has 1 heterocycles. The van der Waals surface area contributed by atoms with Crippen LogP contribution in [0, 0.1) is 0 Å². The van der Waals surface area contributed by atoms with Gasteiger partial charge in [-0.1, -0.05) is 12.8 Å². The molecule has 5 nitrogen and oxygen atoms in total. The van der Waals surface area contributed by atoms with Crippen molar-refractivity contribution in [3.63, 3.8) is 0 Å². The lowest BCUT2D eigenvalue weighted by molar-refractivity contribution is 0.191. The second kappa shape index (κ2) is 4.84. The predicted octanol–water partition coefficient (Wildman–Crippen LogP) is 0.758. The molecular formula is C11H20N2O3S. The second-order valence-electron chi connectivity index (χ2n) is 5.10. The molecule has 2 rings (SSSR count). The molecular weight excluding hydrogens is 240 g/mol. The van der Waals surface area contributed by atoms with Crippen molar-refractivity contribution in [2.45, 2.75) is 44.2 Å². The van der Waals surface area contributed by atoms with Crippen LogP contribution in [0.1, 0.15) is 32.1 Å². The Kier molecular flexibility index (Phi) is 3.61. The largest absolute Gasteiger partial charge is 0.335 e. The maximum atomic E-state index is 11.9. The predicted molar refractivity (Wildman–Crippen MR) is 65.6 cm³/mol. The average molecular weight is 260 g/mol. The summed E-state index contributed by atoms with van der Waals surface area (Å²) in [7, 11) is -1.23. The number of carbonyl (C=O) groups is 1. The van der Waals surface area contributed by atoms with Gasteiger partial charge in [-0.05, 0) is 19.3 Å². The quantitative estimate of drug-likeness (QED) is 0.797. The Hall–Kier alpha value is -0.780. The Morgan fingerprint density at radius 3 is 2.41 bits per heavy atom. The van der Waals surface area contributed by atoms with Crippen LogP contribution in [0.2, 0.25) is 0 Å². The number of carbonyl (C=O) groups excluding carboxylic acids is 1. The van der Waals surface area contributed by atoms with Gasteiger partial charge in [0, 0.05) is 19.1 Å². The van der Waals surface area contributed by atoms with Crippen molar-refractivity contribution < 1.29 is 13.2 Å². The van der Waals surface area contributed by atoms with Crippen molar-refractivity contribution in [2.24, 2.45) is 0 Å². The van der Waals surface area contributed by atoms with Gasteiger partial charge in [0.2, 0.25) is 0 Å². The van der Waals surface area contributed by atoms with Crippen molar-refractivity contribution in [1.29, 1.82) is 0 Å². The van der Waals surface area contributed by atoms with Crippen LogP contribution >= 0.6 is 0 Å². The topological polar surface area (TPSA) is 66.5 Å². The molecule has 1 atom stereocenters. The lowest BCUT2D eigenvalue weighted by Crippen LogP contribution is -2.47. The Balaban J connectivity index is 1.86. The van der Waals surface area contributed by atoms with Crippen LogP contribution in [-0.4, -0.2) is 50.0 Å². The second-order valence-corrected chi connectivity index (χ2v) is 7.33. The van der Waals surface area contributed by atoms with E-state index in [2.05, 4.69) is 5.32 Å².